The van der Waals surface area contributed by atoms with Gasteiger partial charge in [0.05, 0.1) is 12.7 Å². The Morgan fingerprint density at radius 2 is 1.83 bits per heavy atom. The van der Waals surface area contributed by atoms with Gasteiger partial charge in [-0.05, 0) is 30.7 Å². The van der Waals surface area contributed by atoms with Crippen molar-refractivity contribution in [1.82, 2.24) is 15.1 Å². The van der Waals surface area contributed by atoms with Crippen molar-refractivity contribution in [3.63, 3.8) is 0 Å². The first-order chi connectivity index (χ1) is 16.5. The molecule has 12 heteroatoms. The summed E-state index contributed by atoms with van der Waals surface area (Å²) in [6.07, 6.45) is -4.60. The lowest BCUT2D eigenvalue weighted by molar-refractivity contribution is -0.164. The van der Waals surface area contributed by atoms with Crippen LogP contribution in [0.3, 0.4) is 0 Å². The van der Waals surface area contributed by atoms with E-state index in [1.165, 1.54) is 26.3 Å². The predicted molar refractivity (Wildman–Crippen MR) is 121 cm³/mol. The smallest absolute Gasteiger partial charge is 0.410 e. The molecule has 2 amide bonds. The zero-order valence-electron chi connectivity index (χ0n) is 19.0. The fraction of sp³-hybridized carbons (Fsp3) is 0.261. The second-order valence-electron chi connectivity index (χ2n) is 7.57. The van der Waals surface area contributed by atoms with Crippen LogP contribution in [0.4, 0.5) is 23.4 Å². The molecule has 0 aliphatic rings. The minimum Gasteiger partial charge on any atom is -0.496 e. The number of benzene rings is 2. The predicted octanol–water partition coefficient (Wildman–Crippen LogP) is 3.89. The molecule has 1 aromatic heterocycles. The van der Waals surface area contributed by atoms with Crippen LogP contribution in [-0.2, 0) is 6.54 Å². The Morgan fingerprint density at radius 1 is 1.17 bits per heavy atom. The van der Waals surface area contributed by atoms with Crippen LogP contribution in [0.25, 0.3) is 11.3 Å². The van der Waals surface area contributed by atoms with Crippen molar-refractivity contribution in [2.45, 2.75) is 25.7 Å². The molecular weight excluding hydrogens is 470 g/mol. The zero-order valence-corrected chi connectivity index (χ0v) is 19.0. The summed E-state index contributed by atoms with van der Waals surface area (Å²) < 4.78 is 59.3. The van der Waals surface area contributed by atoms with Crippen LogP contribution in [0.5, 0.6) is 5.75 Å². The van der Waals surface area contributed by atoms with Gasteiger partial charge in [-0.15, -0.1) is 0 Å². The number of primary amides is 1. The summed E-state index contributed by atoms with van der Waals surface area (Å²) in [7, 11) is 2.73. The van der Waals surface area contributed by atoms with Gasteiger partial charge in [-0.2, -0.15) is 18.3 Å². The molecule has 3 rings (SSSR count). The van der Waals surface area contributed by atoms with Gasteiger partial charge in [0.2, 0.25) is 0 Å². The fourth-order valence-electron chi connectivity index (χ4n) is 3.44. The van der Waals surface area contributed by atoms with Gasteiger partial charge in [-0.1, -0.05) is 24.3 Å². The Kier molecular flexibility index (Phi) is 7.32. The molecule has 3 aromatic rings. The van der Waals surface area contributed by atoms with E-state index < -0.39 is 29.8 Å². The molecular formula is C23H23F4N5O3. The lowest BCUT2D eigenvalue weighted by atomic mass is 10.0. The Balaban J connectivity index is 1.86. The molecule has 4 N–H and O–H groups in total. The van der Waals surface area contributed by atoms with E-state index >= 15 is 0 Å². The lowest BCUT2D eigenvalue weighted by Crippen LogP contribution is -2.26. The van der Waals surface area contributed by atoms with E-state index in [1.807, 2.05) is 0 Å². The summed E-state index contributed by atoms with van der Waals surface area (Å²) in [5.41, 5.74) is 6.27. The standard InChI is InChI=1S/C23H23F4N5O3/c1-12(23(25,26)27)32-21(29-2)18(20(28)33)19(31-32)14-6-4-13(5-7-14)11-30-22(34)16-10-15(24)8-9-17(16)35-3/h4-10,12,29H,11H2,1-3H3,(H2,28,33)(H,30,34). The molecule has 8 nitrogen and oxygen atoms in total. The van der Waals surface area contributed by atoms with Crippen LogP contribution in [0.2, 0.25) is 0 Å². The Morgan fingerprint density at radius 3 is 2.37 bits per heavy atom. The number of hydrogen-bond acceptors (Lipinski definition) is 5. The number of methoxy groups -OCH3 is 1. The van der Waals surface area contributed by atoms with Gasteiger partial charge in [0.1, 0.15) is 34.7 Å². The monoisotopic (exact) mass is 493 g/mol. The van der Waals surface area contributed by atoms with Crippen LogP contribution in [-0.4, -0.2) is 41.9 Å². The normalized spacial score (nSPS) is 12.2. The molecule has 0 aliphatic carbocycles. The zero-order chi connectivity index (χ0) is 25.9. The van der Waals surface area contributed by atoms with Crippen molar-refractivity contribution in [3.8, 4) is 17.0 Å². The van der Waals surface area contributed by atoms with E-state index in [4.69, 9.17) is 10.5 Å². The van der Waals surface area contributed by atoms with Gasteiger partial charge < -0.3 is 21.1 Å². The van der Waals surface area contributed by atoms with Gasteiger partial charge in [-0.25, -0.2) is 9.07 Å². The van der Waals surface area contributed by atoms with Crippen LogP contribution >= 0.6 is 0 Å². The molecule has 0 bridgehead atoms. The van der Waals surface area contributed by atoms with Crippen LogP contribution in [0.15, 0.2) is 42.5 Å². The number of nitrogens with two attached hydrogens (primary N) is 1. The van der Waals surface area contributed by atoms with Crippen molar-refractivity contribution in [1.29, 1.82) is 0 Å². The van der Waals surface area contributed by atoms with Crippen molar-refractivity contribution in [3.05, 3.63) is 65.0 Å². The van der Waals surface area contributed by atoms with Crippen molar-refractivity contribution in [2.24, 2.45) is 5.73 Å². The first kappa shape index (κ1) is 25.5. The van der Waals surface area contributed by atoms with Gasteiger partial charge in [0, 0.05) is 19.2 Å². The lowest BCUT2D eigenvalue weighted by Gasteiger charge is -2.18. The summed E-state index contributed by atoms with van der Waals surface area (Å²) in [5.74, 6) is -2.03. The van der Waals surface area contributed by atoms with E-state index in [0.717, 1.165) is 13.0 Å². The maximum Gasteiger partial charge on any atom is 0.410 e. The number of hydrogen-bond donors (Lipinski definition) is 3. The summed E-state index contributed by atoms with van der Waals surface area (Å²) in [4.78, 5) is 24.5. The molecule has 0 radical (unpaired) electrons. The largest absolute Gasteiger partial charge is 0.496 e. The second-order valence-corrected chi connectivity index (χ2v) is 7.57. The second kappa shape index (κ2) is 10.0. The number of nitrogens with one attached hydrogen (secondary N) is 2. The van der Waals surface area contributed by atoms with E-state index in [1.54, 1.807) is 24.3 Å². The summed E-state index contributed by atoms with van der Waals surface area (Å²) in [5, 5.41) is 9.25. The highest BCUT2D eigenvalue weighted by molar-refractivity contribution is 6.03. The number of amides is 2. The first-order valence-electron chi connectivity index (χ1n) is 10.4. The SMILES string of the molecule is CNc1c(C(N)=O)c(-c2ccc(CNC(=O)c3cc(F)ccc3OC)cc2)nn1C(C)C(F)(F)F. The minimum absolute atomic E-state index is 0.0157. The number of carbonyl (C=O) groups is 2. The number of aromatic nitrogens is 2. The van der Waals surface area contributed by atoms with Crippen molar-refractivity contribution < 1.29 is 31.9 Å². The highest BCUT2D eigenvalue weighted by Crippen LogP contribution is 2.36. The molecule has 186 valence electrons. The topological polar surface area (TPSA) is 111 Å². The van der Waals surface area contributed by atoms with Crippen molar-refractivity contribution >= 4 is 17.6 Å². The molecule has 0 aliphatic heterocycles. The quantitative estimate of drug-likeness (QED) is 0.413. The van der Waals surface area contributed by atoms with Gasteiger partial charge >= 0.3 is 6.18 Å². The molecule has 0 saturated carbocycles. The maximum absolute atomic E-state index is 13.5. The molecule has 2 aromatic carbocycles. The highest BCUT2D eigenvalue weighted by atomic mass is 19.4. The molecule has 1 heterocycles. The fourth-order valence-corrected chi connectivity index (χ4v) is 3.44. The summed E-state index contributed by atoms with van der Waals surface area (Å²) >= 11 is 0. The van der Waals surface area contributed by atoms with E-state index in [2.05, 4.69) is 15.7 Å². The van der Waals surface area contributed by atoms with E-state index in [9.17, 15) is 27.2 Å². The van der Waals surface area contributed by atoms with Gasteiger partial charge in [0.25, 0.3) is 11.8 Å². The van der Waals surface area contributed by atoms with Gasteiger partial charge in [0.15, 0.2) is 0 Å². The third-order valence-corrected chi connectivity index (χ3v) is 5.32. The van der Waals surface area contributed by atoms with Crippen LogP contribution in [0, 0.1) is 5.82 Å². The molecule has 0 spiro atoms. The number of ether oxygens (including phenoxy) is 1. The average Bonchev–Trinajstić information content (AvgIpc) is 3.21. The number of nitrogens with zero attached hydrogens (tertiary/aromatic N) is 2. The third-order valence-electron chi connectivity index (χ3n) is 5.32. The molecule has 0 fully saturated rings. The number of alkyl halides is 3. The van der Waals surface area contributed by atoms with Crippen LogP contribution < -0.4 is 21.1 Å². The Labute approximate surface area is 198 Å². The number of rotatable bonds is 8. The number of anilines is 1. The van der Waals surface area contributed by atoms with Crippen LogP contribution in [0.1, 0.15) is 39.2 Å². The van der Waals surface area contributed by atoms with E-state index in [-0.39, 0.29) is 34.9 Å². The number of halogens is 4. The Hall–Kier alpha value is -4.09. The minimum atomic E-state index is -4.60. The average molecular weight is 493 g/mol. The molecule has 1 atom stereocenters. The molecule has 35 heavy (non-hydrogen) atoms. The maximum atomic E-state index is 13.5. The van der Waals surface area contributed by atoms with E-state index in [0.29, 0.717) is 15.8 Å². The molecule has 0 saturated heterocycles. The number of carbonyl (C=O) groups excluding carboxylic acids is 2. The first-order valence-corrected chi connectivity index (χ1v) is 10.4. The summed E-state index contributed by atoms with van der Waals surface area (Å²) in [6.45, 7) is 0.991. The highest BCUT2D eigenvalue weighted by Gasteiger charge is 2.40. The summed E-state index contributed by atoms with van der Waals surface area (Å²) in [6, 6.07) is 7.86. The van der Waals surface area contributed by atoms with Gasteiger partial charge in [-0.3, -0.25) is 9.59 Å². The molecule has 1 unspecified atom stereocenters. The third kappa shape index (κ3) is 5.36. The van der Waals surface area contributed by atoms with Crippen molar-refractivity contribution in [2.75, 3.05) is 19.5 Å². The Bertz CT molecular complexity index is 1240.